The molecule has 22 heavy (non-hydrogen) atoms. The fourth-order valence-corrected chi connectivity index (χ4v) is 1.81. The van der Waals surface area contributed by atoms with Crippen molar-refractivity contribution >= 4 is 5.91 Å². The molecule has 0 aliphatic rings. The first-order valence-corrected chi connectivity index (χ1v) is 7.83. The molecule has 0 heterocycles. The zero-order valence-electron chi connectivity index (χ0n) is 14.5. The van der Waals surface area contributed by atoms with E-state index in [0.717, 1.165) is 26.1 Å². The molecule has 0 spiro atoms. The van der Waals surface area contributed by atoms with Crippen molar-refractivity contribution < 1.29 is 9.90 Å². The SMILES string of the molecule is CCN(C)C(C)NC(/C=C/C(N)=O)NCCCN(C)C(C)O. The molecule has 0 rings (SSSR count). The van der Waals surface area contributed by atoms with E-state index in [2.05, 4.69) is 29.4 Å². The molecule has 0 aromatic rings. The van der Waals surface area contributed by atoms with Crippen LogP contribution in [-0.2, 0) is 4.79 Å². The third-order valence-electron chi connectivity index (χ3n) is 3.72. The lowest BCUT2D eigenvalue weighted by atomic mass is 10.3. The smallest absolute Gasteiger partial charge is 0.241 e. The maximum Gasteiger partial charge on any atom is 0.241 e. The second-order valence-corrected chi connectivity index (χ2v) is 5.58. The van der Waals surface area contributed by atoms with Gasteiger partial charge in [0.05, 0.1) is 12.3 Å². The molecule has 1 amide bonds. The molecular weight excluding hydrogens is 282 g/mol. The molecule has 7 heteroatoms. The van der Waals surface area contributed by atoms with E-state index < -0.39 is 12.1 Å². The van der Waals surface area contributed by atoms with Crippen molar-refractivity contribution in [3.63, 3.8) is 0 Å². The summed E-state index contributed by atoms with van der Waals surface area (Å²) in [6.07, 6.45) is 3.59. The van der Waals surface area contributed by atoms with Gasteiger partial charge in [0.2, 0.25) is 5.91 Å². The van der Waals surface area contributed by atoms with E-state index in [1.807, 2.05) is 19.0 Å². The van der Waals surface area contributed by atoms with Crippen LogP contribution in [-0.4, -0.2) is 73.1 Å². The fourth-order valence-electron chi connectivity index (χ4n) is 1.81. The van der Waals surface area contributed by atoms with Crippen molar-refractivity contribution in [1.29, 1.82) is 0 Å². The number of amides is 1. The van der Waals surface area contributed by atoms with Gasteiger partial charge in [0.25, 0.3) is 0 Å². The van der Waals surface area contributed by atoms with Gasteiger partial charge in [0, 0.05) is 12.6 Å². The molecule has 0 saturated heterocycles. The molecule has 7 nitrogen and oxygen atoms in total. The molecule has 0 aliphatic heterocycles. The highest BCUT2D eigenvalue weighted by atomic mass is 16.3. The second kappa shape index (κ2) is 11.6. The van der Waals surface area contributed by atoms with Gasteiger partial charge in [-0.3, -0.25) is 25.2 Å². The molecule has 0 radical (unpaired) electrons. The number of hydrogen-bond donors (Lipinski definition) is 4. The van der Waals surface area contributed by atoms with Crippen LogP contribution < -0.4 is 16.4 Å². The summed E-state index contributed by atoms with van der Waals surface area (Å²) >= 11 is 0. The minimum absolute atomic E-state index is 0.131. The summed E-state index contributed by atoms with van der Waals surface area (Å²) in [7, 11) is 3.91. The third kappa shape index (κ3) is 9.86. The first kappa shape index (κ1) is 21.0. The Kier molecular flexibility index (Phi) is 11.0. The van der Waals surface area contributed by atoms with E-state index in [1.165, 1.54) is 6.08 Å². The predicted octanol–water partition coefficient (Wildman–Crippen LogP) is -0.509. The molecule has 3 unspecified atom stereocenters. The van der Waals surface area contributed by atoms with Crippen LogP contribution in [0.1, 0.15) is 27.2 Å². The molecule has 5 N–H and O–H groups in total. The summed E-state index contributed by atoms with van der Waals surface area (Å²) in [5, 5.41) is 16.1. The number of primary amides is 1. The van der Waals surface area contributed by atoms with E-state index in [9.17, 15) is 9.90 Å². The monoisotopic (exact) mass is 315 g/mol. The Morgan fingerprint density at radius 2 is 1.95 bits per heavy atom. The number of carbonyl (C=O) groups is 1. The van der Waals surface area contributed by atoms with Gasteiger partial charge in [-0.05, 0) is 53.5 Å². The van der Waals surface area contributed by atoms with Crippen LogP contribution in [0.2, 0.25) is 0 Å². The maximum absolute atomic E-state index is 10.9. The van der Waals surface area contributed by atoms with Crippen LogP contribution in [0.3, 0.4) is 0 Å². The van der Waals surface area contributed by atoms with E-state index in [-0.39, 0.29) is 12.3 Å². The molecular formula is C15H33N5O2. The fraction of sp³-hybridized carbons (Fsp3) is 0.800. The summed E-state index contributed by atoms with van der Waals surface area (Å²) in [4.78, 5) is 14.9. The first-order chi connectivity index (χ1) is 10.3. The average Bonchev–Trinajstić information content (AvgIpc) is 2.46. The van der Waals surface area contributed by atoms with Gasteiger partial charge in [0.15, 0.2) is 0 Å². The molecule has 0 aliphatic carbocycles. The lowest BCUT2D eigenvalue weighted by Crippen LogP contribution is -2.51. The van der Waals surface area contributed by atoms with Gasteiger partial charge in [-0.15, -0.1) is 0 Å². The Hall–Kier alpha value is -0.990. The number of carbonyl (C=O) groups excluding carboxylic acids is 1. The molecule has 0 aromatic heterocycles. The maximum atomic E-state index is 10.9. The largest absolute Gasteiger partial charge is 0.379 e. The molecule has 3 atom stereocenters. The number of nitrogens with one attached hydrogen (secondary N) is 2. The zero-order chi connectivity index (χ0) is 17.1. The Labute approximate surface area is 134 Å². The minimum Gasteiger partial charge on any atom is -0.379 e. The Morgan fingerprint density at radius 3 is 2.45 bits per heavy atom. The Balaban J connectivity index is 4.33. The van der Waals surface area contributed by atoms with E-state index in [0.29, 0.717) is 0 Å². The number of aliphatic hydroxyl groups excluding tert-OH is 1. The lowest BCUT2D eigenvalue weighted by Gasteiger charge is -2.28. The van der Waals surface area contributed by atoms with Gasteiger partial charge in [-0.25, -0.2) is 0 Å². The highest BCUT2D eigenvalue weighted by Gasteiger charge is 2.12. The Bertz CT molecular complexity index is 336. The van der Waals surface area contributed by atoms with Gasteiger partial charge in [-0.2, -0.15) is 0 Å². The normalized spacial score (nSPS) is 16.4. The molecule has 0 aromatic carbocycles. The molecule has 130 valence electrons. The third-order valence-corrected chi connectivity index (χ3v) is 3.72. The van der Waals surface area contributed by atoms with Gasteiger partial charge >= 0.3 is 0 Å². The van der Waals surface area contributed by atoms with Crippen molar-refractivity contribution in [2.75, 3.05) is 33.7 Å². The van der Waals surface area contributed by atoms with Crippen LogP contribution in [0.4, 0.5) is 0 Å². The number of hydrogen-bond acceptors (Lipinski definition) is 6. The number of nitrogens with zero attached hydrogens (tertiary/aromatic N) is 2. The van der Waals surface area contributed by atoms with Crippen molar-refractivity contribution in [2.45, 2.75) is 45.8 Å². The summed E-state index contributed by atoms with van der Waals surface area (Å²) < 4.78 is 0. The van der Waals surface area contributed by atoms with Crippen LogP contribution in [0.15, 0.2) is 12.2 Å². The van der Waals surface area contributed by atoms with Crippen molar-refractivity contribution in [3.05, 3.63) is 12.2 Å². The van der Waals surface area contributed by atoms with Crippen molar-refractivity contribution in [3.8, 4) is 0 Å². The van der Waals surface area contributed by atoms with Crippen LogP contribution in [0, 0.1) is 0 Å². The second-order valence-electron chi connectivity index (χ2n) is 5.58. The van der Waals surface area contributed by atoms with E-state index >= 15 is 0 Å². The predicted molar refractivity (Wildman–Crippen MR) is 90.0 cm³/mol. The quantitative estimate of drug-likeness (QED) is 0.220. The minimum atomic E-state index is -0.459. The topological polar surface area (TPSA) is 93.9 Å². The number of aliphatic hydroxyl groups is 1. The summed E-state index contributed by atoms with van der Waals surface area (Å²) in [6, 6.07) is 0. The van der Waals surface area contributed by atoms with Gasteiger partial charge < -0.3 is 10.8 Å². The highest BCUT2D eigenvalue weighted by Crippen LogP contribution is 1.95. The van der Waals surface area contributed by atoms with Crippen molar-refractivity contribution in [2.24, 2.45) is 5.73 Å². The molecule has 0 saturated carbocycles. The number of nitrogens with two attached hydrogens (primary N) is 1. The van der Waals surface area contributed by atoms with Crippen molar-refractivity contribution in [1.82, 2.24) is 20.4 Å². The van der Waals surface area contributed by atoms with E-state index in [4.69, 9.17) is 5.73 Å². The van der Waals surface area contributed by atoms with Crippen LogP contribution in [0.5, 0.6) is 0 Å². The standard InChI is InChI=1S/C15H33N5O2/c1-6-19(4)12(2)18-15(9-8-14(16)22)17-10-7-11-20(5)13(3)21/h8-9,12-13,15,17-18,21H,6-7,10-11H2,1-5H3,(H2,16,22)/b9-8+. The average molecular weight is 315 g/mol. The number of rotatable bonds is 12. The van der Waals surface area contributed by atoms with Crippen LogP contribution >= 0.6 is 0 Å². The first-order valence-electron chi connectivity index (χ1n) is 7.83. The molecule has 0 fully saturated rings. The van der Waals surface area contributed by atoms with Gasteiger partial charge in [-0.1, -0.05) is 6.92 Å². The zero-order valence-corrected chi connectivity index (χ0v) is 14.5. The van der Waals surface area contributed by atoms with Gasteiger partial charge in [0.1, 0.15) is 6.23 Å². The van der Waals surface area contributed by atoms with Crippen LogP contribution in [0.25, 0.3) is 0 Å². The summed E-state index contributed by atoms with van der Waals surface area (Å²) in [5.41, 5.74) is 5.16. The summed E-state index contributed by atoms with van der Waals surface area (Å²) in [6.45, 7) is 8.39. The molecule has 0 bridgehead atoms. The lowest BCUT2D eigenvalue weighted by molar-refractivity contribution is -0.113. The highest BCUT2D eigenvalue weighted by molar-refractivity contribution is 5.85. The van der Waals surface area contributed by atoms with E-state index in [1.54, 1.807) is 13.0 Å². The Morgan fingerprint density at radius 1 is 1.32 bits per heavy atom. The summed E-state index contributed by atoms with van der Waals surface area (Å²) in [5.74, 6) is -0.459.